The molecule has 0 aromatic rings. The van der Waals surface area contributed by atoms with Gasteiger partial charge in [0.05, 0.1) is 0 Å². The standard InChI is InChI=1S/C16H36N2/c1-12(2)17-15(8,9)16(10,11)18(13(3)4)14(5,6)7/h12-13,17H,1-11H3. The fraction of sp³-hybridized carbons (Fsp3) is 1.00. The van der Waals surface area contributed by atoms with E-state index >= 15 is 0 Å². The molecule has 18 heavy (non-hydrogen) atoms. The third-order valence-electron chi connectivity index (χ3n) is 4.02. The van der Waals surface area contributed by atoms with Crippen LogP contribution in [0.15, 0.2) is 0 Å². The Morgan fingerprint density at radius 3 is 1.39 bits per heavy atom. The van der Waals surface area contributed by atoms with Gasteiger partial charge in [-0.1, -0.05) is 13.8 Å². The van der Waals surface area contributed by atoms with Gasteiger partial charge in [-0.15, -0.1) is 0 Å². The second-order valence-corrected chi connectivity index (χ2v) is 8.12. The lowest BCUT2D eigenvalue weighted by molar-refractivity contribution is -0.0510. The number of hydrogen-bond acceptors (Lipinski definition) is 2. The van der Waals surface area contributed by atoms with Crippen molar-refractivity contribution in [3.8, 4) is 0 Å². The van der Waals surface area contributed by atoms with Crippen molar-refractivity contribution in [1.29, 1.82) is 0 Å². The van der Waals surface area contributed by atoms with Crippen LogP contribution < -0.4 is 5.32 Å². The van der Waals surface area contributed by atoms with Crippen molar-refractivity contribution < 1.29 is 0 Å². The van der Waals surface area contributed by atoms with E-state index in [-0.39, 0.29) is 16.6 Å². The Hall–Kier alpha value is -0.0800. The van der Waals surface area contributed by atoms with Gasteiger partial charge in [0, 0.05) is 28.7 Å². The van der Waals surface area contributed by atoms with Gasteiger partial charge in [0.2, 0.25) is 0 Å². The van der Waals surface area contributed by atoms with Gasteiger partial charge < -0.3 is 5.32 Å². The molecule has 0 amide bonds. The second-order valence-electron chi connectivity index (χ2n) is 8.12. The van der Waals surface area contributed by atoms with Crippen LogP contribution in [0.3, 0.4) is 0 Å². The smallest absolute Gasteiger partial charge is 0.0337 e. The Morgan fingerprint density at radius 2 is 1.17 bits per heavy atom. The van der Waals surface area contributed by atoms with E-state index in [1.54, 1.807) is 0 Å². The first-order valence-electron chi connectivity index (χ1n) is 7.30. The molecule has 0 atom stereocenters. The van der Waals surface area contributed by atoms with E-state index in [0.717, 1.165) is 0 Å². The van der Waals surface area contributed by atoms with Crippen LogP contribution in [0.4, 0.5) is 0 Å². The highest BCUT2D eigenvalue weighted by Crippen LogP contribution is 2.35. The van der Waals surface area contributed by atoms with Crippen LogP contribution in [0, 0.1) is 0 Å². The van der Waals surface area contributed by atoms with E-state index in [0.29, 0.717) is 12.1 Å². The molecular formula is C16H36N2. The Balaban J connectivity index is 5.43. The van der Waals surface area contributed by atoms with Crippen molar-refractivity contribution in [2.75, 3.05) is 0 Å². The highest BCUT2D eigenvalue weighted by molar-refractivity contribution is 5.05. The van der Waals surface area contributed by atoms with E-state index in [9.17, 15) is 0 Å². The summed E-state index contributed by atoms with van der Waals surface area (Å²) in [6.07, 6.45) is 0. The molecule has 0 aliphatic rings. The number of rotatable bonds is 5. The van der Waals surface area contributed by atoms with Crippen molar-refractivity contribution >= 4 is 0 Å². The van der Waals surface area contributed by atoms with E-state index < -0.39 is 0 Å². The highest BCUT2D eigenvalue weighted by atomic mass is 15.3. The molecular weight excluding hydrogens is 220 g/mol. The third kappa shape index (κ3) is 3.96. The summed E-state index contributed by atoms with van der Waals surface area (Å²) in [4.78, 5) is 2.62. The van der Waals surface area contributed by atoms with E-state index in [1.165, 1.54) is 0 Å². The van der Waals surface area contributed by atoms with E-state index in [4.69, 9.17) is 0 Å². The molecule has 1 N–H and O–H groups in total. The monoisotopic (exact) mass is 256 g/mol. The Morgan fingerprint density at radius 1 is 0.778 bits per heavy atom. The number of nitrogens with one attached hydrogen (secondary N) is 1. The molecule has 0 aromatic heterocycles. The summed E-state index contributed by atoms with van der Waals surface area (Å²) >= 11 is 0. The minimum absolute atomic E-state index is 0.0543. The van der Waals surface area contributed by atoms with Gasteiger partial charge in [0.1, 0.15) is 0 Å². The van der Waals surface area contributed by atoms with Crippen molar-refractivity contribution in [1.82, 2.24) is 10.2 Å². The first-order chi connectivity index (χ1) is 7.73. The number of hydrogen-bond donors (Lipinski definition) is 1. The zero-order valence-electron chi connectivity index (χ0n) is 14.6. The Bertz CT molecular complexity index is 257. The van der Waals surface area contributed by atoms with Gasteiger partial charge >= 0.3 is 0 Å². The molecule has 0 radical (unpaired) electrons. The molecule has 0 spiro atoms. The highest BCUT2D eigenvalue weighted by Gasteiger charge is 2.46. The van der Waals surface area contributed by atoms with Crippen LogP contribution in [-0.4, -0.2) is 33.6 Å². The van der Waals surface area contributed by atoms with Gasteiger partial charge in [0.15, 0.2) is 0 Å². The lowest BCUT2D eigenvalue weighted by Gasteiger charge is -2.57. The predicted octanol–water partition coefficient (Wildman–Crippen LogP) is 4.05. The topological polar surface area (TPSA) is 15.3 Å². The maximum absolute atomic E-state index is 3.73. The second kappa shape index (κ2) is 5.50. The van der Waals surface area contributed by atoms with Crippen LogP contribution in [0.2, 0.25) is 0 Å². The normalized spacial score (nSPS) is 15.0. The summed E-state index contributed by atoms with van der Waals surface area (Å²) in [5, 5.41) is 3.73. The van der Waals surface area contributed by atoms with Crippen molar-refractivity contribution in [3.63, 3.8) is 0 Å². The average Bonchev–Trinajstić information content (AvgIpc) is 1.94. The fourth-order valence-corrected chi connectivity index (χ4v) is 3.46. The van der Waals surface area contributed by atoms with Gasteiger partial charge in [-0.05, 0) is 62.3 Å². The van der Waals surface area contributed by atoms with Crippen molar-refractivity contribution in [2.45, 2.75) is 105 Å². The number of nitrogens with zero attached hydrogens (tertiary/aromatic N) is 1. The molecule has 2 nitrogen and oxygen atoms in total. The molecule has 0 aromatic carbocycles. The Labute approximate surface area is 116 Å². The minimum Gasteiger partial charge on any atom is -0.308 e. The van der Waals surface area contributed by atoms with Gasteiger partial charge in [0.25, 0.3) is 0 Å². The first-order valence-corrected chi connectivity index (χ1v) is 7.30. The quantitative estimate of drug-likeness (QED) is 0.798. The summed E-state index contributed by atoms with van der Waals surface area (Å²) in [5.74, 6) is 0. The van der Waals surface area contributed by atoms with Crippen LogP contribution in [0.5, 0.6) is 0 Å². The molecule has 2 heteroatoms. The largest absolute Gasteiger partial charge is 0.308 e. The van der Waals surface area contributed by atoms with E-state index in [1.807, 2.05) is 0 Å². The lowest BCUT2D eigenvalue weighted by atomic mass is 9.77. The molecule has 0 saturated heterocycles. The van der Waals surface area contributed by atoms with Crippen molar-refractivity contribution in [3.05, 3.63) is 0 Å². The van der Waals surface area contributed by atoms with Gasteiger partial charge in [-0.25, -0.2) is 0 Å². The SMILES string of the molecule is CC(C)NC(C)(C)C(C)(C)N(C(C)C)C(C)(C)C. The fourth-order valence-electron chi connectivity index (χ4n) is 3.46. The molecule has 0 saturated carbocycles. The molecule has 0 unspecified atom stereocenters. The van der Waals surface area contributed by atoms with Crippen LogP contribution in [0.25, 0.3) is 0 Å². The lowest BCUT2D eigenvalue weighted by Crippen LogP contribution is -2.70. The van der Waals surface area contributed by atoms with Gasteiger partial charge in [-0.3, -0.25) is 4.90 Å². The predicted molar refractivity (Wildman–Crippen MR) is 83.2 cm³/mol. The molecule has 0 heterocycles. The van der Waals surface area contributed by atoms with Crippen molar-refractivity contribution in [2.24, 2.45) is 0 Å². The molecule has 110 valence electrons. The molecule has 0 aliphatic heterocycles. The molecule has 0 fully saturated rings. The molecule has 0 bridgehead atoms. The summed E-state index contributed by atoms with van der Waals surface area (Å²) in [5.41, 5.74) is 0.288. The summed E-state index contributed by atoms with van der Waals surface area (Å²) in [6, 6.07) is 1.02. The zero-order valence-corrected chi connectivity index (χ0v) is 14.6. The minimum atomic E-state index is 0.0543. The summed E-state index contributed by atoms with van der Waals surface area (Å²) in [6.45, 7) is 25.3. The molecule has 0 rings (SSSR count). The maximum Gasteiger partial charge on any atom is 0.0337 e. The van der Waals surface area contributed by atoms with Crippen LogP contribution in [-0.2, 0) is 0 Å². The van der Waals surface area contributed by atoms with Crippen LogP contribution >= 0.6 is 0 Å². The third-order valence-corrected chi connectivity index (χ3v) is 4.02. The maximum atomic E-state index is 3.73. The van der Waals surface area contributed by atoms with Crippen LogP contribution in [0.1, 0.15) is 76.2 Å². The Kier molecular flexibility index (Phi) is 5.48. The average molecular weight is 256 g/mol. The summed E-state index contributed by atoms with van der Waals surface area (Å²) in [7, 11) is 0. The molecule has 0 aliphatic carbocycles. The van der Waals surface area contributed by atoms with Gasteiger partial charge in [-0.2, -0.15) is 0 Å². The van der Waals surface area contributed by atoms with E-state index in [2.05, 4.69) is 86.4 Å². The summed E-state index contributed by atoms with van der Waals surface area (Å²) < 4.78 is 0. The zero-order chi connectivity index (χ0) is 14.9. The first kappa shape index (κ1) is 17.9.